The van der Waals surface area contributed by atoms with Gasteiger partial charge in [-0.15, -0.1) is 0 Å². The predicted octanol–water partition coefficient (Wildman–Crippen LogP) is 1.04. The highest BCUT2D eigenvalue weighted by atomic mass is 16.5. The predicted molar refractivity (Wildman–Crippen MR) is 72.7 cm³/mol. The van der Waals surface area contributed by atoms with Gasteiger partial charge in [-0.1, -0.05) is 13.8 Å². The van der Waals surface area contributed by atoms with Gasteiger partial charge >= 0.3 is 0 Å². The van der Waals surface area contributed by atoms with Gasteiger partial charge in [0.15, 0.2) is 0 Å². The smallest absolute Gasteiger partial charge is 0.239 e. The van der Waals surface area contributed by atoms with Gasteiger partial charge in [0.2, 0.25) is 5.91 Å². The lowest BCUT2D eigenvalue weighted by Crippen LogP contribution is -2.46. The van der Waals surface area contributed by atoms with E-state index in [1.54, 1.807) is 17.3 Å². The van der Waals surface area contributed by atoms with Gasteiger partial charge in [0, 0.05) is 19.2 Å². The largest absolute Gasteiger partial charge is 0.487 e. The van der Waals surface area contributed by atoms with E-state index in [2.05, 4.69) is 4.98 Å². The summed E-state index contributed by atoms with van der Waals surface area (Å²) in [6, 6.07) is 3.29. The molecular weight excluding hydrogens is 242 g/mol. The van der Waals surface area contributed by atoms with Crippen LogP contribution in [0.25, 0.3) is 0 Å². The molecule has 5 heteroatoms. The third-order valence-electron chi connectivity index (χ3n) is 3.40. The summed E-state index contributed by atoms with van der Waals surface area (Å²) < 4.78 is 5.80. The molecule has 1 aromatic heterocycles. The summed E-state index contributed by atoms with van der Waals surface area (Å²) >= 11 is 0. The summed E-state index contributed by atoms with van der Waals surface area (Å²) in [5, 5.41) is 0. The van der Waals surface area contributed by atoms with Crippen LogP contribution in [0.15, 0.2) is 24.5 Å². The van der Waals surface area contributed by atoms with Crippen molar-refractivity contribution in [2.75, 3.05) is 13.1 Å². The van der Waals surface area contributed by atoms with Gasteiger partial charge < -0.3 is 15.4 Å². The Hall–Kier alpha value is -1.62. The minimum atomic E-state index is -0.419. The second kappa shape index (κ2) is 6.02. The standard InChI is InChI=1S/C14H21N3O2/c1-10(2)13(15)14(18)17-7-5-12(9-17)19-11-4-3-6-16-8-11/h3-4,6,8,10,12-13H,5,7,9,15H2,1-2H3/t12-,13-/m0/s1. The molecule has 0 radical (unpaired) electrons. The fourth-order valence-electron chi connectivity index (χ4n) is 2.13. The molecule has 0 aliphatic carbocycles. The van der Waals surface area contributed by atoms with Crippen LogP contribution in [0, 0.1) is 5.92 Å². The van der Waals surface area contributed by atoms with Crippen molar-refractivity contribution in [1.82, 2.24) is 9.88 Å². The summed E-state index contributed by atoms with van der Waals surface area (Å²) in [5.74, 6) is 0.924. The lowest BCUT2D eigenvalue weighted by Gasteiger charge is -2.23. The number of likely N-dealkylation sites (tertiary alicyclic amines) is 1. The highest BCUT2D eigenvalue weighted by Crippen LogP contribution is 2.18. The molecule has 5 nitrogen and oxygen atoms in total. The molecule has 0 unspecified atom stereocenters. The number of aromatic nitrogens is 1. The van der Waals surface area contributed by atoms with Crippen molar-refractivity contribution >= 4 is 5.91 Å². The Balaban J connectivity index is 1.88. The number of amides is 1. The SMILES string of the molecule is CC(C)[C@H](N)C(=O)N1CC[C@H](Oc2cccnc2)C1. The van der Waals surface area contributed by atoms with Crippen molar-refractivity contribution in [1.29, 1.82) is 0 Å². The molecule has 2 N–H and O–H groups in total. The Bertz CT molecular complexity index is 422. The van der Waals surface area contributed by atoms with Crippen LogP contribution in [0.3, 0.4) is 0 Å². The molecule has 0 bridgehead atoms. The normalized spacial score (nSPS) is 20.6. The van der Waals surface area contributed by atoms with E-state index in [-0.39, 0.29) is 17.9 Å². The molecule has 104 valence electrons. The number of ether oxygens (including phenoxy) is 1. The van der Waals surface area contributed by atoms with E-state index < -0.39 is 6.04 Å². The van der Waals surface area contributed by atoms with E-state index in [1.807, 2.05) is 26.0 Å². The van der Waals surface area contributed by atoms with E-state index in [9.17, 15) is 4.79 Å². The Morgan fingerprint density at radius 1 is 1.58 bits per heavy atom. The Labute approximate surface area is 113 Å². The van der Waals surface area contributed by atoms with Crippen LogP contribution in [0.5, 0.6) is 5.75 Å². The van der Waals surface area contributed by atoms with Crippen LogP contribution in [0.4, 0.5) is 0 Å². The number of carbonyl (C=O) groups excluding carboxylic acids is 1. The van der Waals surface area contributed by atoms with Crippen LogP contribution in [0.1, 0.15) is 20.3 Å². The van der Waals surface area contributed by atoms with E-state index >= 15 is 0 Å². The average molecular weight is 263 g/mol. The first-order valence-corrected chi connectivity index (χ1v) is 6.69. The molecule has 1 aliphatic heterocycles. The Morgan fingerprint density at radius 3 is 3.00 bits per heavy atom. The zero-order valence-electron chi connectivity index (χ0n) is 11.5. The molecule has 0 saturated carbocycles. The number of nitrogens with two attached hydrogens (primary N) is 1. The van der Waals surface area contributed by atoms with E-state index in [0.717, 1.165) is 12.2 Å². The molecule has 2 rings (SSSR count). The van der Waals surface area contributed by atoms with Crippen LogP contribution >= 0.6 is 0 Å². The zero-order valence-corrected chi connectivity index (χ0v) is 11.5. The van der Waals surface area contributed by atoms with Gasteiger partial charge in [0.1, 0.15) is 11.9 Å². The summed E-state index contributed by atoms with van der Waals surface area (Å²) in [7, 11) is 0. The Morgan fingerprint density at radius 2 is 2.37 bits per heavy atom. The highest BCUT2D eigenvalue weighted by Gasteiger charge is 2.31. The molecule has 1 aliphatic rings. The molecule has 19 heavy (non-hydrogen) atoms. The zero-order chi connectivity index (χ0) is 13.8. The number of carbonyl (C=O) groups is 1. The van der Waals surface area contributed by atoms with Gasteiger partial charge in [-0.3, -0.25) is 9.78 Å². The highest BCUT2D eigenvalue weighted by molar-refractivity contribution is 5.82. The quantitative estimate of drug-likeness (QED) is 0.881. The fourth-order valence-corrected chi connectivity index (χ4v) is 2.13. The molecular formula is C14H21N3O2. The lowest BCUT2D eigenvalue weighted by molar-refractivity contribution is -0.132. The monoisotopic (exact) mass is 263 g/mol. The first kappa shape index (κ1) is 13.8. The fraction of sp³-hybridized carbons (Fsp3) is 0.571. The molecule has 0 spiro atoms. The summed E-state index contributed by atoms with van der Waals surface area (Å²) in [6.07, 6.45) is 4.27. The number of pyridine rings is 1. The van der Waals surface area contributed by atoms with E-state index in [0.29, 0.717) is 13.1 Å². The topological polar surface area (TPSA) is 68.5 Å². The third kappa shape index (κ3) is 3.44. The van der Waals surface area contributed by atoms with Gasteiger partial charge in [-0.25, -0.2) is 0 Å². The number of rotatable bonds is 4. The number of nitrogens with zero attached hydrogens (tertiary/aromatic N) is 2. The molecule has 2 atom stereocenters. The van der Waals surface area contributed by atoms with Gasteiger partial charge in [-0.05, 0) is 18.1 Å². The van der Waals surface area contributed by atoms with E-state index in [1.165, 1.54) is 0 Å². The molecule has 0 aromatic carbocycles. The number of hydrogen-bond acceptors (Lipinski definition) is 4. The van der Waals surface area contributed by atoms with Crippen LogP contribution in [0.2, 0.25) is 0 Å². The van der Waals surface area contributed by atoms with Crippen LogP contribution in [-0.2, 0) is 4.79 Å². The van der Waals surface area contributed by atoms with Crippen LogP contribution < -0.4 is 10.5 Å². The van der Waals surface area contributed by atoms with Crippen molar-refractivity contribution in [2.45, 2.75) is 32.4 Å². The van der Waals surface area contributed by atoms with Crippen molar-refractivity contribution in [3.63, 3.8) is 0 Å². The molecule has 1 saturated heterocycles. The summed E-state index contributed by atoms with van der Waals surface area (Å²) in [5.41, 5.74) is 5.90. The van der Waals surface area contributed by atoms with Gasteiger partial charge in [0.05, 0.1) is 18.8 Å². The molecule has 1 amide bonds. The minimum Gasteiger partial charge on any atom is -0.487 e. The Kier molecular flexibility index (Phi) is 4.37. The van der Waals surface area contributed by atoms with Crippen molar-refractivity contribution in [3.8, 4) is 5.75 Å². The van der Waals surface area contributed by atoms with Gasteiger partial charge in [0.25, 0.3) is 0 Å². The molecule has 1 fully saturated rings. The lowest BCUT2D eigenvalue weighted by atomic mass is 10.0. The second-order valence-electron chi connectivity index (χ2n) is 5.27. The summed E-state index contributed by atoms with van der Waals surface area (Å²) in [6.45, 7) is 5.24. The maximum absolute atomic E-state index is 12.1. The second-order valence-corrected chi connectivity index (χ2v) is 5.27. The average Bonchev–Trinajstić information content (AvgIpc) is 2.86. The molecule has 1 aromatic rings. The maximum Gasteiger partial charge on any atom is 0.239 e. The van der Waals surface area contributed by atoms with Crippen molar-refractivity contribution in [3.05, 3.63) is 24.5 Å². The summed E-state index contributed by atoms with van der Waals surface area (Å²) in [4.78, 5) is 17.9. The third-order valence-corrected chi connectivity index (χ3v) is 3.40. The minimum absolute atomic E-state index is 0.0206. The first-order chi connectivity index (χ1) is 9.08. The van der Waals surface area contributed by atoms with E-state index in [4.69, 9.17) is 10.5 Å². The van der Waals surface area contributed by atoms with Gasteiger partial charge in [-0.2, -0.15) is 0 Å². The van der Waals surface area contributed by atoms with Crippen molar-refractivity contribution in [2.24, 2.45) is 11.7 Å². The maximum atomic E-state index is 12.1. The van der Waals surface area contributed by atoms with Crippen molar-refractivity contribution < 1.29 is 9.53 Å². The first-order valence-electron chi connectivity index (χ1n) is 6.69. The number of hydrogen-bond donors (Lipinski definition) is 1. The molecule has 2 heterocycles. The van der Waals surface area contributed by atoms with Crippen LogP contribution in [-0.4, -0.2) is 41.0 Å².